The van der Waals surface area contributed by atoms with Crippen LogP contribution in [0.4, 0.5) is 5.69 Å². The minimum atomic E-state index is -0.450. The van der Waals surface area contributed by atoms with Crippen LogP contribution < -0.4 is 11.5 Å². The molecule has 0 aliphatic rings. The lowest BCUT2D eigenvalue weighted by Crippen LogP contribution is -2.11. The minimum absolute atomic E-state index is 0.450. The third-order valence-corrected chi connectivity index (χ3v) is 3.89. The zero-order chi connectivity index (χ0) is 16.4. The van der Waals surface area contributed by atoms with E-state index in [1.165, 1.54) is 0 Å². The summed E-state index contributed by atoms with van der Waals surface area (Å²) in [6, 6.07) is 13.4. The second-order valence-electron chi connectivity index (χ2n) is 5.48. The summed E-state index contributed by atoms with van der Waals surface area (Å²) in [4.78, 5) is 15.0. The molecule has 1 aromatic heterocycles. The molecule has 0 saturated carbocycles. The van der Waals surface area contributed by atoms with Gasteiger partial charge in [-0.05, 0) is 35.4 Å². The molecule has 1 heterocycles. The Morgan fingerprint density at radius 1 is 1.22 bits per heavy atom. The smallest absolute Gasteiger partial charge is 0.250 e. The molecule has 5 nitrogen and oxygen atoms in total. The molecule has 0 aliphatic carbocycles. The third-order valence-electron chi connectivity index (χ3n) is 3.89. The largest absolute Gasteiger partial charge is 0.399 e. The molecular weight excluding hydrogens is 290 g/mol. The van der Waals surface area contributed by atoms with Crippen LogP contribution in [-0.4, -0.2) is 24.6 Å². The van der Waals surface area contributed by atoms with Gasteiger partial charge in [0, 0.05) is 30.3 Å². The van der Waals surface area contributed by atoms with Crippen LogP contribution in [0.15, 0.2) is 42.5 Å². The van der Waals surface area contributed by atoms with Crippen LogP contribution in [0.3, 0.4) is 0 Å². The van der Waals surface area contributed by atoms with E-state index in [0.717, 1.165) is 34.1 Å². The molecule has 3 aromatic rings. The average molecular weight is 309 g/mol. The predicted molar refractivity (Wildman–Crippen MR) is 92.2 cm³/mol. The summed E-state index contributed by atoms with van der Waals surface area (Å²) in [5.74, 6) is -0.450. The molecule has 0 aliphatic heterocycles. The van der Waals surface area contributed by atoms with Crippen molar-refractivity contribution in [2.75, 3.05) is 19.5 Å². The maximum absolute atomic E-state index is 11.7. The van der Waals surface area contributed by atoms with E-state index in [9.17, 15) is 4.79 Å². The minimum Gasteiger partial charge on any atom is -0.399 e. The molecular formula is C18H19N3O2. The Morgan fingerprint density at radius 3 is 2.74 bits per heavy atom. The number of anilines is 1. The van der Waals surface area contributed by atoms with Crippen molar-refractivity contribution < 1.29 is 9.53 Å². The molecule has 3 rings (SSSR count). The second kappa shape index (κ2) is 6.14. The molecule has 0 saturated heterocycles. The van der Waals surface area contributed by atoms with E-state index in [4.69, 9.17) is 16.2 Å². The van der Waals surface area contributed by atoms with Gasteiger partial charge < -0.3 is 21.2 Å². The van der Waals surface area contributed by atoms with Crippen molar-refractivity contribution >= 4 is 22.5 Å². The van der Waals surface area contributed by atoms with Crippen LogP contribution in [0, 0.1) is 0 Å². The van der Waals surface area contributed by atoms with Crippen molar-refractivity contribution in [2.45, 2.75) is 6.42 Å². The van der Waals surface area contributed by atoms with Crippen LogP contribution in [0.25, 0.3) is 22.0 Å². The number of fused-ring (bicyclic) bond motifs is 1. The Balaban J connectivity index is 2.20. The SMILES string of the molecule is COCCc1cc2c(-c3cccc(N)c3)ccc(C(N)=O)c2[nH]1. The molecule has 5 heteroatoms. The summed E-state index contributed by atoms with van der Waals surface area (Å²) in [5.41, 5.74) is 16.3. The number of aromatic nitrogens is 1. The molecule has 0 radical (unpaired) electrons. The van der Waals surface area contributed by atoms with Crippen molar-refractivity contribution in [3.8, 4) is 11.1 Å². The van der Waals surface area contributed by atoms with Crippen LogP contribution >= 0.6 is 0 Å². The fraction of sp³-hybridized carbons (Fsp3) is 0.167. The monoisotopic (exact) mass is 309 g/mol. The molecule has 1 amide bonds. The average Bonchev–Trinajstić information content (AvgIpc) is 2.95. The summed E-state index contributed by atoms with van der Waals surface area (Å²) >= 11 is 0. The highest BCUT2D eigenvalue weighted by atomic mass is 16.5. The number of nitrogens with two attached hydrogens (primary N) is 2. The number of hydrogen-bond donors (Lipinski definition) is 3. The van der Waals surface area contributed by atoms with Gasteiger partial charge in [-0.15, -0.1) is 0 Å². The fourth-order valence-electron chi connectivity index (χ4n) is 2.78. The fourth-order valence-corrected chi connectivity index (χ4v) is 2.78. The maximum Gasteiger partial charge on any atom is 0.250 e. The van der Waals surface area contributed by atoms with Crippen LogP contribution in [-0.2, 0) is 11.2 Å². The number of hydrogen-bond acceptors (Lipinski definition) is 3. The number of ether oxygens (including phenoxy) is 1. The van der Waals surface area contributed by atoms with Gasteiger partial charge in [-0.3, -0.25) is 4.79 Å². The molecule has 0 fully saturated rings. The van der Waals surface area contributed by atoms with Gasteiger partial charge >= 0.3 is 0 Å². The van der Waals surface area contributed by atoms with Gasteiger partial charge in [0.2, 0.25) is 0 Å². The van der Waals surface area contributed by atoms with Gasteiger partial charge in [0.15, 0.2) is 0 Å². The zero-order valence-corrected chi connectivity index (χ0v) is 12.9. The number of carbonyl (C=O) groups is 1. The van der Waals surface area contributed by atoms with E-state index < -0.39 is 5.91 Å². The summed E-state index contributed by atoms with van der Waals surface area (Å²) in [6.45, 7) is 0.604. The molecule has 2 aromatic carbocycles. The zero-order valence-electron chi connectivity index (χ0n) is 12.9. The number of primary amides is 1. The van der Waals surface area contributed by atoms with Crippen LogP contribution in [0.5, 0.6) is 0 Å². The van der Waals surface area contributed by atoms with E-state index in [0.29, 0.717) is 17.9 Å². The van der Waals surface area contributed by atoms with Gasteiger partial charge in [0.1, 0.15) is 0 Å². The lowest BCUT2D eigenvalue weighted by Gasteiger charge is -2.07. The van der Waals surface area contributed by atoms with Crippen molar-refractivity contribution in [3.05, 3.63) is 53.7 Å². The highest BCUT2D eigenvalue weighted by molar-refractivity contribution is 6.09. The first-order valence-electron chi connectivity index (χ1n) is 7.39. The Bertz CT molecular complexity index is 868. The summed E-state index contributed by atoms with van der Waals surface area (Å²) in [7, 11) is 1.66. The highest BCUT2D eigenvalue weighted by Crippen LogP contribution is 2.32. The first-order chi connectivity index (χ1) is 11.1. The summed E-state index contributed by atoms with van der Waals surface area (Å²) in [5, 5.41) is 0.956. The molecule has 23 heavy (non-hydrogen) atoms. The molecule has 0 bridgehead atoms. The molecule has 118 valence electrons. The molecule has 0 spiro atoms. The van der Waals surface area contributed by atoms with Gasteiger partial charge in [-0.1, -0.05) is 18.2 Å². The first kappa shape index (κ1) is 15.1. The standard InChI is InChI=1S/C18H19N3O2/c1-23-8-7-13-10-16-14(11-3-2-4-12(19)9-11)5-6-15(18(20)22)17(16)21-13/h2-6,9-10,21H,7-8,19H2,1H3,(H2,20,22). The number of aromatic amines is 1. The Morgan fingerprint density at radius 2 is 2.04 bits per heavy atom. The van der Waals surface area contributed by atoms with E-state index in [-0.39, 0.29) is 0 Å². The number of H-pyrrole nitrogens is 1. The Hall–Kier alpha value is -2.79. The van der Waals surface area contributed by atoms with Gasteiger partial charge in [0.25, 0.3) is 5.91 Å². The van der Waals surface area contributed by atoms with E-state index in [1.54, 1.807) is 13.2 Å². The van der Waals surface area contributed by atoms with E-state index >= 15 is 0 Å². The van der Waals surface area contributed by atoms with Crippen molar-refractivity contribution in [3.63, 3.8) is 0 Å². The lowest BCUT2D eigenvalue weighted by molar-refractivity contribution is 0.100. The maximum atomic E-state index is 11.7. The molecule has 5 N–H and O–H groups in total. The number of nitrogen functional groups attached to an aromatic ring is 1. The number of methoxy groups -OCH3 is 1. The summed E-state index contributed by atoms with van der Waals surface area (Å²) in [6.07, 6.45) is 0.736. The highest BCUT2D eigenvalue weighted by Gasteiger charge is 2.14. The normalized spacial score (nSPS) is 11.0. The third kappa shape index (κ3) is 2.91. The number of amides is 1. The van der Waals surface area contributed by atoms with Crippen molar-refractivity contribution in [2.24, 2.45) is 5.73 Å². The van der Waals surface area contributed by atoms with E-state index in [2.05, 4.69) is 4.98 Å². The van der Waals surface area contributed by atoms with Gasteiger partial charge in [0.05, 0.1) is 17.7 Å². The predicted octanol–water partition coefficient (Wildman–Crippen LogP) is 2.70. The lowest BCUT2D eigenvalue weighted by atomic mass is 9.98. The Labute approximate surface area is 134 Å². The Kier molecular flexibility index (Phi) is 4.04. The van der Waals surface area contributed by atoms with Gasteiger partial charge in [-0.2, -0.15) is 0 Å². The molecule has 0 unspecified atom stereocenters. The van der Waals surface area contributed by atoms with Gasteiger partial charge in [-0.25, -0.2) is 0 Å². The van der Waals surface area contributed by atoms with Crippen LogP contribution in [0.1, 0.15) is 16.1 Å². The number of carbonyl (C=O) groups excluding carboxylic acids is 1. The van der Waals surface area contributed by atoms with Crippen molar-refractivity contribution in [1.82, 2.24) is 4.98 Å². The number of rotatable bonds is 5. The second-order valence-corrected chi connectivity index (χ2v) is 5.48. The molecule has 0 atom stereocenters. The summed E-state index contributed by atoms with van der Waals surface area (Å²) < 4.78 is 5.12. The quantitative estimate of drug-likeness (QED) is 0.632. The van der Waals surface area contributed by atoms with Crippen molar-refractivity contribution in [1.29, 1.82) is 0 Å². The van der Waals surface area contributed by atoms with E-state index in [1.807, 2.05) is 36.4 Å². The van der Waals surface area contributed by atoms with Crippen LogP contribution in [0.2, 0.25) is 0 Å². The number of benzene rings is 2. The topological polar surface area (TPSA) is 94.1 Å². The first-order valence-corrected chi connectivity index (χ1v) is 7.39. The number of nitrogens with one attached hydrogen (secondary N) is 1.